The molecule has 3 heterocycles. The van der Waals surface area contributed by atoms with Crippen LogP contribution in [0.25, 0.3) is 11.0 Å². The highest BCUT2D eigenvalue weighted by Crippen LogP contribution is 2.66. The highest BCUT2D eigenvalue weighted by molar-refractivity contribution is 7.66. The molecule has 0 radical (unpaired) electrons. The van der Waals surface area contributed by atoms with Crippen molar-refractivity contribution < 1.29 is 63.4 Å². The van der Waals surface area contributed by atoms with E-state index in [1.165, 1.54) is 6.92 Å². The normalized spacial score (nSPS) is 29.1. The molecular formula is C14H17ClFN4O13P3. The Morgan fingerprint density at radius 2 is 2.00 bits per heavy atom. The molecule has 200 valence electrons. The predicted molar refractivity (Wildman–Crippen MR) is 116 cm³/mol. The molecule has 17 nitrogen and oxygen atoms in total. The number of hydrogen-bond acceptors (Lipinski definition) is 11. The number of phosphoric ester groups is 1. The lowest BCUT2D eigenvalue weighted by Crippen LogP contribution is -2.41. The maximum absolute atomic E-state index is 14.6. The number of anilines is 1. The van der Waals surface area contributed by atoms with Crippen LogP contribution in [-0.2, 0) is 31.6 Å². The number of ether oxygens (including phenoxy) is 1. The van der Waals surface area contributed by atoms with E-state index in [-0.39, 0.29) is 0 Å². The van der Waals surface area contributed by atoms with Gasteiger partial charge in [0.2, 0.25) is 5.95 Å². The summed E-state index contributed by atoms with van der Waals surface area (Å²) in [5.41, 5.74) is 4.02. The summed E-state index contributed by atoms with van der Waals surface area (Å²) in [6.07, 6.45) is -5.89. The molecule has 6 atom stereocenters. The average Bonchev–Trinajstić information content (AvgIpc) is 3.12. The number of nitrogens with one attached hydrogen (secondary N) is 1. The van der Waals surface area contributed by atoms with Crippen molar-refractivity contribution in [2.45, 2.75) is 30.2 Å². The molecule has 0 spiro atoms. The molecule has 3 unspecified atom stereocenters. The molecule has 0 bridgehead atoms. The van der Waals surface area contributed by atoms with Gasteiger partial charge in [0.25, 0.3) is 5.56 Å². The molecule has 0 aromatic carbocycles. The van der Waals surface area contributed by atoms with Crippen LogP contribution in [0.1, 0.15) is 15.9 Å². The van der Waals surface area contributed by atoms with E-state index < -0.39 is 81.7 Å². The monoisotopic (exact) mass is 598 g/mol. The molecule has 0 amide bonds. The van der Waals surface area contributed by atoms with E-state index in [0.29, 0.717) is 6.20 Å². The van der Waals surface area contributed by atoms with Crippen molar-refractivity contribution in [2.24, 2.45) is 0 Å². The number of alkyl halides is 1. The second-order valence-corrected chi connectivity index (χ2v) is 11.8. The molecule has 22 heteroatoms. The SMILES string of the molecule is [2H]C([2H])(OP(=O)(O)OP(=O)(O)OP(=O)(O)O)[C@H]1O[C@@H](n2cc(F)c3c(=O)[nH]c(N)nc32)C(Cl)(C#CC)[C@H]1O. The minimum atomic E-state index is -6.07. The lowest BCUT2D eigenvalue weighted by Gasteiger charge is -2.25. The number of rotatable bonds is 8. The highest BCUT2D eigenvalue weighted by Gasteiger charge is 2.57. The minimum absolute atomic E-state index is 0.471. The zero-order valence-corrected chi connectivity index (χ0v) is 20.8. The van der Waals surface area contributed by atoms with E-state index in [1.54, 1.807) is 0 Å². The third-order valence-corrected chi connectivity index (χ3v) is 8.44. The van der Waals surface area contributed by atoms with Gasteiger partial charge in [0.05, 0.1) is 9.30 Å². The number of fused-ring (bicyclic) bond motifs is 1. The first-order chi connectivity index (χ1) is 17.1. The summed E-state index contributed by atoms with van der Waals surface area (Å²) in [7, 11) is -17.8. The van der Waals surface area contributed by atoms with E-state index >= 15 is 0 Å². The third-order valence-electron chi connectivity index (χ3n) is 4.28. The van der Waals surface area contributed by atoms with Gasteiger partial charge in [-0.05, 0) is 6.92 Å². The van der Waals surface area contributed by atoms with E-state index in [0.717, 1.165) is 4.57 Å². The van der Waals surface area contributed by atoms with Crippen LogP contribution in [0.5, 0.6) is 0 Å². The highest BCUT2D eigenvalue weighted by atomic mass is 35.5. The van der Waals surface area contributed by atoms with Gasteiger partial charge < -0.3 is 35.2 Å². The number of aromatic amines is 1. The Morgan fingerprint density at radius 1 is 1.36 bits per heavy atom. The fraction of sp³-hybridized carbons (Fsp3) is 0.429. The summed E-state index contributed by atoms with van der Waals surface area (Å²) in [6, 6.07) is 0. The van der Waals surface area contributed by atoms with Crippen molar-refractivity contribution in [3.05, 3.63) is 22.4 Å². The fourth-order valence-corrected chi connectivity index (χ4v) is 6.33. The molecule has 1 saturated heterocycles. The van der Waals surface area contributed by atoms with Crippen molar-refractivity contribution in [3.63, 3.8) is 0 Å². The van der Waals surface area contributed by atoms with E-state index in [1.807, 2.05) is 0 Å². The summed E-state index contributed by atoms with van der Waals surface area (Å²) in [4.78, 5) is 51.8. The van der Waals surface area contributed by atoms with Crippen LogP contribution in [0.2, 0.25) is 0 Å². The lowest BCUT2D eigenvalue weighted by molar-refractivity contribution is -0.0427. The van der Waals surface area contributed by atoms with Crippen LogP contribution in [-0.4, -0.2) is 62.9 Å². The number of aromatic nitrogens is 3. The number of aliphatic hydroxyl groups is 1. The maximum atomic E-state index is 14.6. The molecular weight excluding hydrogens is 580 g/mol. The number of nitrogens with two attached hydrogens (primary N) is 1. The molecule has 1 aliphatic heterocycles. The average molecular weight is 599 g/mol. The van der Waals surface area contributed by atoms with Crippen LogP contribution in [0.15, 0.2) is 11.0 Å². The first-order valence-corrected chi connectivity index (χ1v) is 13.9. The Morgan fingerprint density at radius 3 is 2.58 bits per heavy atom. The van der Waals surface area contributed by atoms with Crippen LogP contribution in [0, 0.1) is 17.7 Å². The molecule has 3 rings (SSSR count). The Kier molecular flexibility index (Phi) is 7.14. The minimum Gasteiger partial charge on any atom is -0.387 e. The van der Waals surface area contributed by atoms with Gasteiger partial charge >= 0.3 is 23.5 Å². The van der Waals surface area contributed by atoms with Gasteiger partial charge in [0, 0.05) is 6.20 Å². The number of aliphatic hydroxyl groups excluding tert-OH is 1. The fourth-order valence-electron chi connectivity index (χ4n) is 3.09. The van der Waals surface area contributed by atoms with Crippen molar-refractivity contribution in [2.75, 3.05) is 12.3 Å². The summed E-state index contributed by atoms with van der Waals surface area (Å²) in [5, 5.41) is 10.2. The van der Waals surface area contributed by atoms with Gasteiger partial charge in [-0.15, -0.1) is 5.92 Å². The van der Waals surface area contributed by atoms with Crippen LogP contribution < -0.4 is 11.3 Å². The zero-order chi connectivity index (χ0) is 29.1. The topological polar surface area (TPSA) is 266 Å². The lowest BCUT2D eigenvalue weighted by atomic mass is 9.99. The Hall–Kier alpha value is -1.67. The van der Waals surface area contributed by atoms with Gasteiger partial charge in [0.15, 0.2) is 22.6 Å². The van der Waals surface area contributed by atoms with Crippen LogP contribution in [0.4, 0.5) is 10.3 Å². The van der Waals surface area contributed by atoms with Crippen LogP contribution >= 0.6 is 35.1 Å². The van der Waals surface area contributed by atoms with E-state index in [2.05, 4.69) is 35.0 Å². The summed E-state index contributed by atoms with van der Waals surface area (Å²) in [6.45, 7) is -2.40. The van der Waals surface area contributed by atoms with Gasteiger partial charge in [-0.3, -0.25) is 18.9 Å². The number of H-pyrrole nitrogens is 1. The molecule has 2 aromatic heterocycles. The van der Waals surface area contributed by atoms with E-state index in [9.17, 15) is 37.8 Å². The van der Waals surface area contributed by atoms with Crippen LogP contribution in [0.3, 0.4) is 0 Å². The standard InChI is InChI=1S/C14H17ClFN4O13P3/c1-2-3-14(15)9(21)7(5-30-35(26,27)33-36(28,29)32-34(23,24)25)31-12(14)20-4-6(16)8-10(20)18-13(17)19-11(8)22/h4,7,9,12,21H,5H2,1H3,(H,26,27)(H,28,29)(H2,23,24,25)(H3,17,18,19,22)/t7-,9+,12-,14?/m1/s1/i5D2. The van der Waals surface area contributed by atoms with Crippen molar-refractivity contribution in [3.8, 4) is 11.8 Å². The summed E-state index contributed by atoms with van der Waals surface area (Å²) >= 11 is 6.45. The van der Waals surface area contributed by atoms with Gasteiger partial charge in [0.1, 0.15) is 17.6 Å². The molecule has 0 saturated carbocycles. The first-order valence-electron chi connectivity index (χ1n) is 9.99. The van der Waals surface area contributed by atoms with Crippen molar-refractivity contribution in [1.29, 1.82) is 0 Å². The first kappa shape index (κ1) is 26.0. The quantitative estimate of drug-likeness (QED) is 0.120. The second-order valence-electron chi connectivity index (χ2n) is 6.83. The molecule has 36 heavy (non-hydrogen) atoms. The summed E-state index contributed by atoms with van der Waals surface area (Å²) < 4.78 is 82.5. The van der Waals surface area contributed by atoms with Crippen molar-refractivity contribution in [1.82, 2.24) is 14.5 Å². The van der Waals surface area contributed by atoms with Gasteiger partial charge in [-0.1, -0.05) is 17.5 Å². The Labute approximate surface area is 207 Å². The Bertz CT molecular complexity index is 1540. The van der Waals surface area contributed by atoms with Gasteiger partial charge in [-0.2, -0.15) is 13.6 Å². The largest absolute Gasteiger partial charge is 0.490 e. The number of halogens is 2. The van der Waals surface area contributed by atoms with Gasteiger partial charge in [-0.25, -0.2) is 18.1 Å². The predicted octanol–water partition coefficient (Wildman–Crippen LogP) is 0.0484. The van der Waals surface area contributed by atoms with Crippen molar-refractivity contribution >= 4 is 52.1 Å². The Balaban J connectivity index is 2.02. The summed E-state index contributed by atoms with van der Waals surface area (Å²) in [5.74, 6) is 3.04. The van der Waals surface area contributed by atoms with E-state index in [4.69, 9.17) is 34.6 Å². The maximum Gasteiger partial charge on any atom is 0.490 e. The smallest absolute Gasteiger partial charge is 0.387 e. The molecule has 8 N–H and O–H groups in total. The third kappa shape index (κ3) is 6.07. The molecule has 1 fully saturated rings. The number of phosphoric acid groups is 3. The number of nitrogen functional groups attached to an aromatic ring is 1. The number of hydrogen-bond donors (Lipinski definition) is 7. The number of nitrogens with zero attached hydrogens (tertiary/aromatic N) is 2. The second kappa shape index (κ2) is 9.90. The molecule has 2 aromatic rings. The zero-order valence-electron chi connectivity index (χ0n) is 19.4. The molecule has 0 aliphatic carbocycles. The molecule has 1 aliphatic rings.